The molecule has 1 aliphatic rings. The molecule has 19 heavy (non-hydrogen) atoms. The van der Waals surface area contributed by atoms with Gasteiger partial charge in [-0.25, -0.2) is 0 Å². The van der Waals surface area contributed by atoms with Gasteiger partial charge in [0.2, 0.25) is 5.91 Å². The van der Waals surface area contributed by atoms with Gasteiger partial charge in [0.15, 0.2) is 0 Å². The number of rotatable bonds is 6. The molecule has 0 saturated heterocycles. The molecular weight excluding hydrogens is 262 g/mol. The van der Waals surface area contributed by atoms with Crippen LogP contribution in [-0.2, 0) is 16.1 Å². The molecule has 0 heterocycles. The van der Waals surface area contributed by atoms with Gasteiger partial charge < -0.3 is 10.1 Å². The predicted molar refractivity (Wildman–Crippen MR) is 76.0 cm³/mol. The SMILES string of the molecule is CC1(C)C[C@@H]1C(=O)NCCOCc1ccc(Cl)cc1. The Hall–Kier alpha value is -1.06. The molecule has 0 unspecified atom stereocenters. The van der Waals surface area contributed by atoms with E-state index in [0.717, 1.165) is 17.0 Å². The van der Waals surface area contributed by atoms with Crippen molar-refractivity contribution in [2.24, 2.45) is 11.3 Å². The first-order valence-corrected chi connectivity index (χ1v) is 6.97. The van der Waals surface area contributed by atoms with Crippen molar-refractivity contribution in [3.63, 3.8) is 0 Å². The molecule has 1 aliphatic carbocycles. The van der Waals surface area contributed by atoms with Gasteiger partial charge in [-0.3, -0.25) is 4.79 Å². The Balaban J connectivity index is 1.57. The summed E-state index contributed by atoms with van der Waals surface area (Å²) < 4.78 is 5.50. The lowest BCUT2D eigenvalue weighted by atomic mass is 10.1. The van der Waals surface area contributed by atoms with Crippen LogP contribution in [0.4, 0.5) is 0 Å². The smallest absolute Gasteiger partial charge is 0.223 e. The summed E-state index contributed by atoms with van der Waals surface area (Å²) in [5.74, 6) is 0.337. The second-order valence-electron chi connectivity index (χ2n) is 5.72. The monoisotopic (exact) mass is 281 g/mol. The molecular formula is C15H20ClNO2. The molecule has 0 aliphatic heterocycles. The normalized spacial score (nSPS) is 20.1. The molecule has 0 bridgehead atoms. The maximum atomic E-state index is 11.7. The van der Waals surface area contributed by atoms with E-state index in [9.17, 15) is 4.79 Å². The van der Waals surface area contributed by atoms with Crippen molar-refractivity contribution >= 4 is 17.5 Å². The number of carbonyl (C=O) groups is 1. The van der Waals surface area contributed by atoms with Gasteiger partial charge in [-0.15, -0.1) is 0 Å². The quantitative estimate of drug-likeness (QED) is 0.814. The standard InChI is InChI=1S/C15H20ClNO2/c1-15(2)9-13(15)14(18)17-7-8-19-10-11-3-5-12(16)6-4-11/h3-6,13H,7-10H2,1-2H3,(H,17,18)/t13-/m1/s1. The zero-order valence-electron chi connectivity index (χ0n) is 11.4. The highest BCUT2D eigenvalue weighted by molar-refractivity contribution is 6.30. The van der Waals surface area contributed by atoms with Crippen LogP contribution in [0.5, 0.6) is 0 Å². The van der Waals surface area contributed by atoms with E-state index in [1.165, 1.54) is 0 Å². The van der Waals surface area contributed by atoms with E-state index in [1.807, 2.05) is 24.3 Å². The maximum absolute atomic E-state index is 11.7. The zero-order valence-corrected chi connectivity index (χ0v) is 12.2. The summed E-state index contributed by atoms with van der Waals surface area (Å²) in [4.78, 5) is 11.7. The Morgan fingerprint density at radius 3 is 2.63 bits per heavy atom. The number of hydrogen-bond donors (Lipinski definition) is 1. The molecule has 1 amide bonds. The summed E-state index contributed by atoms with van der Waals surface area (Å²) in [5, 5.41) is 3.64. The summed E-state index contributed by atoms with van der Waals surface area (Å²) in [5.41, 5.74) is 1.27. The molecule has 1 atom stereocenters. The minimum Gasteiger partial charge on any atom is -0.375 e. The Labute approximate surface area is 119 Å². The summed E-state index contributed by atoms with van der Waals surface area (Å²) >= 11 is 5.80. The Kier molecular flexibility index (Phi) is 4.48. The number of hydrogen-bond acceptors (Lipinski definition) is 2. The van der Waals surface area contributed by atoms with Gasteiger partial charge in [0, 0.05) is 17.5 Å². The second kappa shape index (κ2) is 5.93. The molecule has 1 N–H and O–H groups in total. The van der Waals surface area contributed by atoms with Crippen molar-refractivity contribution in [3.8, 4) is 0 Å². The lowest BCUT2D eigenvalue weighted by molar-refractivity contribution is -0.123. The number of halogens is 1. The first kappa shape index (κ1) is 14.4. The Morgan fingerprint density at radius 2 is 2.05 bits per heavy atom. The average Bonchev–Trinajstić information content (AvgIpc) is 3.00. The van der Waals surface area contributed by atoms with Gasteiger partial charge >= 0.3 is 0 Å². The van der Waals surface area contributed by atoms with Gasteiger partial charge in [0.05, 0.1) is 13.2 Å². The molecule has 1 aromatic carbocycles. The van der Waals surface area contributed by atoms with Crippen LogP contribution in [0.25, 0.3) is 0 Å². The van der Waals surface area contributed by atoms with Crippen molar-refractivity contribution in [2.75, 3.05) is 13.2 Å². The third-order valence-electron chi connectivity index (χ3n) is 3.56. The molecule has 2 rings (SSSR count). The second-order valence-corrected chi connectivity index (χ2v) is 6.15. The zero-order chi connectivity index (χ0) is 13.9. The molecule has 1 saturated carbocycles. The minimum absolute atomic E-state index is 0.153. The van der Waals surface area contributed by atoms with Crippen LogP contribution in [0.15, 0.2) is 24.3 Å². The van der Waals surface area contributed by atoms with Gasteiger partial charge in [-0.2, -0.15) is 0 Å². The van der Waals surface area contributed by atoms with Crippen molar-refractivity contribution in [1.29, 1.82) is 0 Å². The van der Waals surface area contributed by atoms with Gasteiger partial charge in [-0.05, 0) is 29.5 Å². The molecule has 1 aromatic rings. The van der Waals surface area contributed by atoms with E-state index in [4.69, 9.17) is 16.3 Å². The topological polar surface area (TPSA) is 38.3 Å². The lowest BCUT2D eigenvalue weighted by Crippen LogP contribution is -2.29. The molecule has 3 nitrogen and oxygen atoms in total. The van der Waals surface area contributed by atoms with E-state index in [2.05, 4.69) is 19.2 Å². The highest BCUT2D eigenvalue weighted by Gasteiger charge is 2.50. The van der Waals surface area contributed by atoms with Gasteiger partial charge in [-0.1, -0.05) is 37.6 Å². The summed E-state index contributed by atoms with van der Waals surface area (Å²) in [6.07, 6.45) is 0.991. The highest BCUT2D eigenvalue weighted by Crippen LogP contribution is 2.51. The molecule has 0 spiro atoms. The van der Waals surface area contributed by atoms with Crippen molar-refractivity contribution in [1.82, 2.24) is 5.32 Å². The fourth-order valence-electron chi connectivity index (χ4n) is 2.06. The summed E-state index contributed by atoms with van der Waals surface area (Å²) in [6.45, 7) is 5.88. The number of benzene rings is 1. The fraction of sp³-hybridized carbons (Fsp3) is 0.533. The van der Waals surface area contributed by atoms with E-state index < -0.39 is 0 Å². The highest BCUT2D eigenvalue weighted by atomic mass is 35.5. The third-order valence-corrected chi connectivity index (χ3v) is 3.81. The summed E-state index contributed by atoms with van der Waals surface area (Å²) in [7, 11) is 0. The van der Waals surface area contributed by atoms with E-state index in [0.29, 0.717) is 19.8 Å². The van der Waals surface area contributed by atoms with E-state index in [1.54, 1.807) is 0 Å². The van der Waals surface area contributed by atoms with Crippen LogP contribution in [0, 0.1) is 11.3 Å². The van der Waals surface area contributed by atoms with Crippen molar-refractivity contribution in [2.45, 2.75) is 26.9 Å². The number of ether oxygens (including phenoxy) is 1. The van der Waals surface area contributed by atoms with Crippen molar-refractivity contribution in [3.05, 3.63) is 34.9 Å². The minimum atomic E-state index is 0.153. The number of carbonyl (C=O) groups excluding carboxylic acids is 1. The van der Waals surface area contributed by atoms with Crippen LogP contribution in [-0.4, -0.2) is 19.1 Å². The Morgan fingerprint density at radius 1 is 1.42 bits per heavy atom. The molecule has 0 radical (unpaired) electrons. The van der Waals surface area contributed by atoms with Gasteiger partial charge in [0.25, 0.3) is 0 Å². The lowest BCUT2D eigenvalue weighted by Gasteiger charge is -2.07. The molecule has 0 aromatic heterocycles. The first-order valence-electron chi connectivity index (χ1n) is 6.59. The Bertz CT molecular complexity index is 442. The fourth-order valence-corrected chi connectivity index (χ4v) is 2.18. The number of nitrogens with one attached hydrogen (secondary N) is 1. The molecule has 1 fully saturated rings. The van der Waals surface area contributed by atoms with E-state index >= 15 is 0 Å². The van der Waals surface area contributed by atoms with Crippen LogP contribution in [0.3, 0.4) is 0 Å². The van der Waals surface area contributed by atoms with Crippen molar-refractivity contribution < 1.29 is 9.53 Å². The molecule has 4 heteroatoms. The van der Waals surface area contributed by atoms with E-state index in [-0.39, 0.29) is 17.2 Å². The first-order chi connectivity index (χ1) is 8.99. The maximum Gasteiger partial charge on any atom is 0.223 e. The summed E-state index contributed by atoms with van der Waals surface area (Å²) in [6, 6.07) is 7.57. The van der Waals surface area contributed by atoms with Crippen LogP contribution >= 0.6 is 11.6 Å². The van der Waals surface area contributed by atoms with Crippen LogP contribution < -0.4 is 5.32 Å². The number of amides is 1. The largest absolute Gasteiger partial charge is 0.375 e. The predicted octanol–water partition coefficient (Wildman–Crippen LogP) is 3.02. The van der Waals surface area contributed by atoms with Crippen LogP contribution in [0.1, 0.15) is 25.8 Å². The van der Waals surface area contributed by atoms with Gasteiger partial charge in [0.1, 0.15) is 0 Å². The van der Waals surface area contributed by atoms with Crippen LogP contribution in [0.2, 0.25) is 5.02 Å². The molecule has 104 valence electrons. The third kappa shape index (κ3) is 4.22. The average molecular weight is 282 g/mol.